The number of hydrogen-bond donors (Lipinski definition) is 1. The fraction of sp³-hybridized carbons (Fsp3) is 0.562. The van der Waals surface area contributed by atoms with Crippen LogP contribution in [0.15, 0.2) is 18.2 Å². The van der Waals surface area contributed by atoms with Crippen LogP contribution >= 0.6 is 11.6 Å². The Labute approximate surface area is 143 Å². The van der Waals surface area contributed by atoms with E-state index >= 15 is 0 Å². The maximum absolute atomic E-state index is 12.5. The molecule has 1 fully saturated rings. The first kappa shape index (κ1) is 18.2. The molecule has 0 saturated carbocycles. The Morgan fingerprint density at radius 1 is 1.43 bits per heavy atom. The van der Waals surface area contributed by atoms with E-state index in [2.05, 4.69) is 5.32 Å². The van der Waals surface area contributed by atoms with Crippen LogP contribution in [0, 0.1) is 6.92 Å². The number of carbonyl (C=O) groups excluding carboxylic acids is 1. The summed E-state index contributed by atoms with van der Waals surface area (Å²) in [5.41, 5.74) is 1.85. The fourth-order valence-electron chi connectivity index (χ4n) is 3.00. The molecule has 0 aromatic heterocycles. The number of aryl methyl sites for hydroxylation is 1. The number of nitrogens with one attached hydrogen (secondary N) is 1. The molecule has 1 N–H and O–H groups in total. The molecule has 1 aliphatic heterocycles. The molecule has 1 saturated heterocycles. The average Bonchev–Trinajstić information content (AvgIpc) is 2.44. The smallest absolute Gasteiger partial charge is 0.238 e. The number of halogens is 1. The van der Waals surface area contributed by atoms with Crippen molar-refractivity contribution in [2.45, 2.75) is 52.2 Å². The lowest BCUT2D eigenvalue weighted by molar-refractivity contribution is -0.125. The maximum atomic E-state index is 12.5. The zero-order valence-corrected chi connectivity index (χ0v) is 15.2. The van der Waals surface area contributed by atoms with Crippen molar-refractivity contribution in [3.63, 3.8) is 0 Å². The van der Waals surface area contributed by atoms with Crippen molar-refractivity contribution in [1.29, 1.82) is 0 Å². The summed E-state index contributed by atoms with van der Waals surface area (Å²) in [4.78, 5) is 12.5. The quantitative estimate of drug-likeness (QED) is 0.899. The van der Waals surface area contributed by atoms with Crippen LogP contribution in [0.1, 0.15) is 37.8 Å². The highest BCUT2D eigenvalue weighted by Gasteiger charge is 2.39. The molecule has 23 heavy (non-hydrogen) atoms. The van der Waals surface area contributed by atoms with E-state index in [1.807, 2.05) is 19.1 Å². The molecular weight excluding hydrogens is 336 g/mol. The monoisotopic (exact) mass is 358 g/mol. The van der Waals surface area contributed by atoms with Crippen molar-refractivity contribution in [3.05, 3.63) is 34.3 Å². The van der Waals surface area contributed by atoms with Crippen LogP contribution in [0.4, 0.5) is 0 Å². The highest BCUT2D eigenvalue weighted by Crippen LogP contribution is 2.24. The molecule has 1 amide bonds. The van der Waals surface area contributed by atoms with Gasteiger partial charge in [0.2, 0.25) is 15.9 Å². The van der Waals surface area contributed by atoms with Crippen molar-refractivity contribution in [1.82, 2.24) is 9.62 Å². The van der Waals surface area contributed by atoms with Gasteiger partial charge in [0.05, 0.1) is 5.75 Å². The van der Waals surface area contributed by atoms with Crippen LogP contribution < -0.4 is 5.32 Å². The van der Waals surface area contributed by atoms with E-state index in [0.717, 1.165) is 11.1 Å². The van der Waals surface area contributed by atoms with Crippen LogP contribution in [-0.2, 0) is 21.4 Å². The second kappa shape index (κ2) is 7.20. The summed E-state index contributed by atoms with van der Waals surface area (Å²) >= 11 is 6.17. The molecule has 0 bridgehead atoms. The van der Waals surface area contributed by atoms with Gasteiger partial charge in [-0.2, -0.15) is 4.31 Å². The minimum absolute atomic E-state index is 0.110. The van der Waals surface area contributed by atoms with Crippen molar-refractivity contribution in [3.8, 4) is 0 Å². The Kier molecular flexibility index (Phi) is 5.70. The number of rotatable bonds is 4. The molecule has 2 rings (SSSR count). The Bertz CT molecular complexity index is 668. The standard InChI is InChI=1S/C16H23ClN2O3S/c1-11(2)19-15(8-5-9-23(19,21)22)16(20)18-10-13-12(3)6-4-7-14(13)17/h4,6-7,11,15H,5,8-10H2,1-3H3,(H,18,20). The number of benzene rings is 1. The van der Waals surface area contributed by atoms with Crippen molar-refractivity contribution >= 4 is 27.5 Å². The number of amides is 1. The van der Waals surface area contributed by atoms with E-state index < -0.39 is 16.1 Å². The third-order valence-electron chi connectivity index (χ3n) is 4.11. The summed E-state index contributed by atoms with van der Waals surface area (Å²) in [6.45, 7) is 5.81. The van der Waals surface area contributed by atoms with E-state index in [-0.39, 0.29) is 17.7 Å². The Morgan fingerprint density at radius 2 is 2.13 bits per heavy atom. The number of sulfonamides is 1. The van der Waals surface area contributed by atoms with Crippen LogP contribution in [0.5, 0.6) is 0 Å². The van der Waals surface area contributed by atoms with E-state index in [4.69, 9.17) is 11.6 Å². The molecule has 1 atom stereocenters. The minimum Gasteiger partial charge on any atom is -0.351 e. The van der Waals surface area contributed by atoms with Crippen LogP contribution in [0.2, 0.25) is 5.02 Å². The van der Waals surface area contributed by atoms with E-state index in [0.29, 0.717) is 24.4 Å². The van der Waals surface area contributed by atoms with Gasteiger partial charge >= 0.3 is 0 Å². The van der Waals surface area contributed by atoms with E-state index in [9.17, 15) is 13.2 Å². The van der Waals surface area contributed by atoms with Gasteiger partial charge in [-0.15, -0.1) is 0 Å². The SMILES string of the molecule is Cc1cccc(Cl)c1CNC(=O)C1CCCS(=O)(=O)N1C(C)C. The topological polar surface area (TPSA) is 66.5 Å². The molecule has 0 radical (unpaired) electrons. The minimum atomic E-state index is -3.37. The van der Waals surface area contributed by atoms with Gasteiger partial charge in [-0.25, -0.2) is 8.42 Å². The highest BCUT2D eigenvalue weighted by molar-refractivity contribution is 7.89. The predicted octanol–water partition coefficient (Wildman–Crippen LogP) is 2.47. The first-order valence-corrected chi connectivity index (χ1v) is 9.75. The lowest BCUT2D eigenvalue weighted by atomic mass is 10.1. The van der Waals surface area contributed by atoms with Crippen molar-refractivity contribution in [2.75, 3.05) is 5.75 Å². The van der Waals surface area contributed by atoms with E-state index in [1.54, 1.807) is 19.9 Å². The molecule has 128 valence electrons. The molecule has 1 unspecified atom stereocenters. The molecule has 1 aromatic rings. The Morgan fingerprint density at radius 3 is 2.74 bits per heavy atom. The molecule has 0 aliphatic carbocycles. The zero-order valence-electron chi connectivity index (χ0n) is 13.7. The summed E-state index contributed by atoms with van der Waals surface area (Å²) in [5.74, 6) is -0.153. The summed E-state index contributed by atoms with van der Waals surface area (Å²) in [5, 5.41) is 3.44. The second-order valence-electron chi connectivity index (χ2n) is 6.15. The second-order valence-corrected chi connectivity index (χ2v) is 8.55. The van der Waals surface area contributed by atoms with Crippen LogP contribution in [0.25, 0.3) is 0 Å². The normalized spacial score (nSPS) is 21.3. The Hall–Kier alpha value is -1.11. The fourth-order valence-corrected chi connectivity index (χ4v) is 5.26. The molecule has 1 aromatic carbocycles. The van der Waals surface area contributed by atoms with Gasteiger partial charge in [0.1, 0.15) is 6.04 Å². The lowest BCUT2D eigenvalue weighted by Gasteiger charge is -2.36. The lowest BCUT2D eigenvalue weighted by Crippen LogP contribution is -2.55. The molecule has 1 heterocycles. The number of carbonyl (C=O) groups is 1. The van der Waals surface area contributed by atoms with Gasteiger partial charge in [0.25, 0.3) is 0 Å². The number of nitrogens with zero attached hydrogens (tertiary/aromatic N) is 1. The van der Waals surface area contributed by atoms with Crippen LogP contribution in [0.3, 0.4) is 0 Å². The Balaban J connectivity index is 2.13. The zero-order chi connectivity index (χ0) is 17.2. The molecule has 0 spiro atoms. The third kappa shape index (κ3) is 4.05. The first-order chi connectivity index (χ1) is 10.7. The maximum Gasteiger partial charge on any atom is 0.238 e. The largest absolute Gasteiger partial charge is 0.351 e. The van der Waals surface area contributed by atoms with Gasteiger partial charge in [-0.05, 0) is 50.8 Å². The summed E-state index contributed by atoms with van der Waals surface area (Å²) in [7, 11) is -3.37. The highest BCUT2D eigenvalue weighted by atomic mass is 35.5. The predicted molar refractivity (Wildman–Crippen MR) is 91.8 cm³/mol. The molecular formula is C16H23ClN2O3S. The van der Waals surface area contributed by atoms with Crippen molar-refractivity contribution < 1.29 is 13.2 Å². The summed E-state index contributed by atoms with van der Waals surface area (Å²) < 4.78 is 25.8. The van der Waals surface area contributed by atoms with Gasteiger partial charge < -0.3 is 5.32 Å². The van der Waals surface area contributed by atoms with Gasteiger partial charge in [-0.1, -0.05) is 23.7 Å². The molecule has 5 nitrogen and oxygen atoms in total. The van der Waals surface area contributed by atoms with E-state index in [1.165, 1.54) is 4.31 Å². The molecule has 7 heteroatoms. The third-order valence-corrected chi connectivity index (χ3v) is 6.59. The molecule has 1 aliphatic rings. The van der Waals surface area contributed by atoms with Crippen molar-refractivity contribution in [2.24, 2.45) is 0 Å². The van der Waals surface area contributed by atoms with Gasteiger partial charge in [0, 0.05) is 17.6 Å². The van der Waals surface area contributed by atoms with Gasteiger partial charge in [-0.3, -0.25) is 4.79 Å². The van der Waals surface area contributed by atoms with Gasteiger partial charge in [0.15, 0.2) is 0 Å². The first-order valence-electron chi connectivity index (χ1n) is 7.77. The van der Waals surface area contributed by atoms with Crippen LogP contribution in [-0.4, -0.2) is 36.5 Å². The summed E-state index contributed by atoms with van der Waals surface area (Å²) in [6.07, 6.45) is 1.06. The average molecular weight is 359 g/mol. The summed E-state index contributed by atoms with van der Waals surface area (Å²) in [6, 6.07) is 4.69. The number of hydrogen-bond acceptors (Lipinski definition) is 3.